The second-order valence-corrected chi connectivity index (χ2v) is 6.59. The number of nitrogens with zero attached hydrogens (tertiary/aromatic N) is 2. The Morgan fingerprint density at radius 1 is 0.464 bits per heavy atom. The van der Waals surface area contributed by atoms with Crippen molar-refractivity contribution >= 4 is 33.6 Å². The summed E-state index contributed by atoms with van der Waals surface area (Å²) in [5.41, 5.74) is 12.1. The van der Waals surface area contributed by atoms with E-state index in [0.29, 0.717) is 0 Å². The molecule has 0 fully saturated rings. The third-order valence-electron chi connectivity index (χ3n) is 4.78. The van der Waals surface area contributed by atoms with Crippen molar-refractivity contribution < 1.29 is 0 Å². The molecule has 0 atom stereocenters. The van der Waals surface area contributed by atoms with E-state index in [1.165, 1.54) is 10.8 Å². The van der Waals surface area contributed by atoms with E-state index in [0.717, 1.165) is 33.9 Å². The molecule has 4 aromatic carbocycles. The largest absolute Gasteiger partial charge is 0.278 e. The first-order valence-corrected chi connectivity index (χ1v) is 9.20. The minimum Gasteiger partial charge on any atom is -0.278 e. The first-order chi connectivity index (χ1) is 13.9. The summed E-state index contributed by atoms with van der Waals surface area (Å²) in [5, 5.41) is 11.8. The Balaban J connectivity index is 1.61. The van der Waals surface area contributed by atoms with Crippen molar-refractivity contribution in [1.82, 2.24) is 0 Å². The minimum atomic E-state index is 0.832. The molecule has 0 spiro atoms. The number of nitrogens with one attached hydrogen (secondary N) is 2. The lowest BCUT2D eigenvalue weighted by Gasteiger charge is -2.06. The summed E-state index contributed by atoms with van der Waals surface area (Å²) in [6.45, 7) is 0. The molecule has 0 radical (unpaired) electrons. The van der Waals surface area contributed by atoms with Crippen LogP contribution in [0.4, 0.5) is 11.4 Å². The van der Waals surface area contributed by atoms with Gasteiger partial charge in [0.05, 0.1) is 11.4 Å². The van der Waals surface area contributed by atoms with Gasteiger partial charge in [-0.2, -0.15) is 10.2 Å². The Labute approximate surface area is 163 Å². The Morgan fingerprint density at radius 2 is 0.929 bits per heavy atom. The summed E-state index contributed by atoms with van der Waals surface area (Å²) >= 11 is 0. The molecule has 0 unspecified atom stereocenters. The van der Waals surface area contributed by atoms with E-state index < -0.39 is 0 Å². The molecule has 28 heavy (non-hydrogen) atoms. The van der Waals surface area contributed by atoms with Crippen molar-refractivity contribution in [2.24, 2.45) is 10.2 Å². The van der Waals surface area contributed by atoms with Gasteiger partial charge < -0.3 is 0 Å². The standard InChI is InChI=1S/C24H18N4/c1-3-11-18(12-4-1)25-27-23-20-15-7-9-17-10-8-16-21(22(17)20)24(23)28-26-19-13-5-2-6-14-19/h1-16,25-26H/b27-23+,28-24+. The smallest absolute Gasteiger partial charge is 0.119 e. The van der Waals surface area contributed by atoms with E-state index in [9.17, 15) is 0 Å². The summed E-state index contributed by atoms with van der Waals surface area (Å²) in [4.78, 5) is 0. The van der Waals surface area contributed by atoms with Crippen LogP contribution in [-0.4, -0.2) is 11.4 Å². The summed E-state index contributed by atoms with van der Waals surface area (Å²) in [5.74, 6) is 0. The Bertz CT molecular complexity index is 1100. The van der Waals surface area contributed by atoms with Gasteiger partial charge in [0.1, 0.15) is 11.4 Å². The number of para-hydroxylation sites is 2. The maximum atomic E-state index is 4.72. The van der Waals surface area contributed by atoms with Crippen LogP contribution in [0.3, 0.4) is 0 Å². The van der Waals surface area contributed by atoms with Crippen molar-refractivity contribution in [3.8, 4) is 0 Å². The van der Waals surface area contributed by atoms with Crippen LogP contribution in [0, 0.1) is 0 Å². The van der Waals surface area contributed by atoms with Gasteiger partial charge in [0.15, 0.2) is 0 Å². The van der Waals surface area contributed by atoms with Gasteiger partial charge in [-0.3, -0.25) is 10.9 Å². The lowest BCUT2D eigenvalue weighted by molar-refractivity contribution is 1.32. The molecular weight excluding hydrogens is 344 g/mol. The zero-order chi connectivity index (χ0) is 18.8. The van der Waals surface area contributed by atoms with Gasteiger partial charge in [0.2, 0.25) is 0 Å². The Morgan fingerprint density at radius 3 is 1.39 bits per heavy atom. The lowest BCUT2D eigenvalue weighted by Crippen LogP contribution is -2.14. The lowest BCUT2D eigenvalue weighted by atomic mass is 10.1. The molecular formula is C24H18N4. The molecule has 0 bridgehead atoms. The van der Waals surface area contributed by atoms with E-state index in [2.05, 4.69) is 47.2 Å². The SMILES string of the molecule is c1ccc(N/N=C2/C(=N/Nc3ccccc3)c3cccc4cccc2c34)cc1. The van der Waals surface area contributed by atoms with Crippen LogP contribution < -0.4 is 10.9 Å². The Hall–Kier alpha value is -3.92. The fourth-order valence-corrected chi connectivity index (χ4v) is 3.48. The first kappa shape index (κ1) is 16.3. The number of anilines is 2. The van der Waals surface area contributed by atoms with Gasteiger partial charge in [-0.25, -0.2) is 0 Å². The van der Waals surface area contributed by atoms with Gasteiger partial charge in [-0.05, 0) is 29.7 Å². The highest BCUT2D eigenvalue weighted by molar-refractivity contribution is 6.61. The highest BCUT2D eigenvalue weighted by atomic mass is 15.3. The number of hydrogen-bond donors (Lipinski definition) is 2. The molecule has 134 valence electrons. The van der Waals surface area contributed by atoms with Crippen LogP contribution in [0.15, 0.2) is 107 Å². The summed E-state index contributed by atoms with van der Waals surface area (Å²) in [6.07, 6.45) is 0. The van der Waals surface area contributed by atoms with Crippen molar-refractivity contribution in [1.29, 1.82) is 0 Å². The summed E-state index contributed by atoms with van der Waals surface area (Å²) in [7, 11) is 0. The number of rotatable bonds is 4. The molecule has 4 nitrogen and oxygen atoms in total. The van der Waals surface area contributed by atoms with Crippen LogP contribution in [0.5, 0.6) is 0 Å². The van der Waals surface area contributed by atoms with Crippen LogP contribution in [0.1, 0.15) is 11.1 Å². The van der Waals surface area contributed by atoms with Crippen molar-refractivity contribution in [3.63, 3.8) is 0 Å². The van der Waals surface area contributed by atoms with Gasteiger partial charge in [-0.1, -0.05) is 72.8 Å². The number of hydrogen-bond acceptors (Lipinski definition) is 4. The van der Waals surface area contributed by atoms with Crippen LogP contribution in [-0.2, 0) is 0 Å². The molecule has 0 heterocycles. The van der Waals surface area contributed by atoms with E-state index >= 15 is 0 Å². The van der Waals surface area contributed by atoms with Gasteiger partial charge in [0.25, 0.3) is 0 Å². The van der Waals surface area contributed by atoms with Gasteiger partial charge in [-0.15, -0.1) is 0 Å². The number of hydrazone groups is 2. The molecule has 0 amide bonds. The monoisotopic (exact) mass is 362 g/mol. The molecule has 0 aromatic heterocycles. The van der Waals surface area contributed by atoms with E-state index in [1.807, 2.05) is 60.7 Å². The average molecular weight is 362 g/mol. The normalized spacial score (nSPS) is 15.3. The zero-order valence-electron chi connectivity index (χ0n) is 15.1. The molecule has 4 heteroatoms. The predicted molar refractivity (Wildman–Crippen MR) is 117 cm³/mol. The second-order valence-electron chi connectivity index (χ2n) is 6.59. The third kappa shape index (κ3) is 2.91. The maximum Gasteiger partial charge on any atom is 0.119 e. The average Bonchev–Trinajstić information content (AvgIpc) is 3.07. The van der Waals surface area contributed by atoms with E-state index in [4.69, 9.17) is 10.2 Å². The zero-order valence-corrected chi connectivity index (χ0v) is 15.1. The van der Waals surface area contributed by atoms with E-state index in [1.54, 1.807) is 0 Å². The first-order valence-electron chi connectivity index (χ1n) is 9.20. The molecule has 0 saturated carbocycles. The Kier molecular flexibility index (Phi) is 4.07. The second kappa shape index (κ2) is 7.00. The highest BCUT2D eigenvalue weighted by Gasteiger charge is 2.27. The minimum absolute atomic E-state index is 0.832. The molecule has 0 aliphatic heterocycles. The van der Waals surface area contributed by atoms with Crippen molar-refractivity contribution in [2.75, 3.05) is 10.9 Å². The maximum absolute atomic E-state index is 4.72. The topological polar surface area (TPSA) is 48.8 Å². The fourth-order valence-electron chi connectivity index (χ4n) is 3.48. The molecule has 1 aliphatic carbocycles. The van der Waals surface area contributed by atoms with E-state index in [-0.39, 0.29) is 0 Å². The molecule has 5 rings (SSSR count). The molecule has 0 saturated heterocycles. The van der Waals surface area contributed by atoms with Crippen LogP contribution in [0.2, 0.25) is 0 Å². The van der Waals surface area contributed by atoms with Crippen LogP contribution in [0.25, 0.3) is 10.8 Å². The van der Waals surface area contributed by atoms with Crippen molar-refractivity contribution in [2.45, 2.75) is 0 Å². The summed E-state index contributed by atoms with van der Waals surface area (Å²) < 4.78 is 0. The predicted octanol–water partition coefficient (Wildman–Crippen LogP) is 5.49. The highest BCUT2D eigenvalue weighted by Crippen LogP contribution is 2.31. The number of benzene rings is 4. The summed E-state index contributed by atoms with van der Waals surface area (Å²) in [6, 6.07) is 32.5. The van der Waals surface area contributed by atoms with Crippen molar-refractivity contribution in [3.05, 3.63) is 108 Å². The molecule has 4 aromatic rings. The quantitative estimate of drug-likeness (QED) is 0.472. The molecule has 2 N–H and O–H groups in total. The third-order valence-corrected chi connectivity index (χ3v) is 4.78. The van der Waals surface area contributed by atoms with Crippen LogP contribution >= 0.6 is 0 Å². The fraction of sp³-hybridized carbons (Fsp3) is 0. The molecule has 1 aliphatic rings. The van der Waals surface area contributed by atoms with Gasteiger partial charge >= 0.3 is 0 Å². The van der Waals surface area contributed by atoms with Gasteiger partial charge in [0, 0.05) is 16.5 Å².